The number of nitrogens with zero attached hydrogens (tertiary/aromatic N) is 1. The zero-order chi connectivity index (χ0) is 23.4. The summed E-state index contributed by atoms with van der Waals surface area (Å²) in [7, 11) is -3.77. The smallest absolute Gasteiger partial charge is 0.241 e. The van der Waals surface area contributed by atoms with Gasteiger partial charge in [0.05, 0.1) is 34.8 Å². The lowest BCUT2D eigenvalue weighted by Gasteiger charge is -2.09. The third-order valence-corrected chi connectivity index (χ3v) is 7.26. The van der Waals surface area contributed by atoms with Crippen molar-refractivity contribution in [3.63, 3.8) is 0 Å². The van der Waals surface area contributed by atoms with Crippen LogP contribution in [-0.4, -0.2) is 19.3 Å². The Hall–Kier alpha value is -3.27. The molecule has 2 heterocycles. The Morgan fingerprint density at radius 2 is 1.85 bits per heavy atom. The van der Waals surface area contributed by atoms with Crippen LogP contribution in [0.4, 0.5) is 5.69 Å². The number of carbonyl (C=O) groups is 1. The summed E-state index contributed by atoms with van der Waals surface area (Å²) in [6.07, 6.45) is 1.62. The maximum atomic E-state index is 12.8. The molecule has 1 amide bonds. The molecule has 4 rings (SSSR count). The molecule has 2 aromatic heterocycles. The first-order chi connectivity index (χ1) is 15.8. The van der Waals surface area contributed by atoms with Crippen LogP contribution < -0.4 is 10.0 Å². The van der Waals surface area contributed by atoms with E-state index in [-0.39, 0.29) is 23.8 Å². The molecule has 33 heavy (non-hydrogen) atoms. The molecule has 0 saturated carbocycles. The fourth-order valence-corrected chi connectivity index (χ4v) is 5.28. The Bertz CT molecular complexity index is 1360. The van der Waals surface area contributed by atoms with Gasteiger partial charge < -0.3 is 9.73 Å². The lowest BCUT2D eigenvalue weighted by atomic mass is 10.1. The topological polar surface area (TPSA) is 101 Å². The van der Waals surface area contributed by atoms with E-state index in [9.17, 15) is 13.2 Å². The maximum absolute atomic E-state index is 12.8. The molecule has 9 heteroatoms. The van der Waals surface area contributed by atoms with Gasteiger partial charge in [-0.15, -0.1) is 11.3 Å². The molecule has 4 aromatic rings. The van der Waals surface area contributed by atoms with Crippen LogP contribution in [0.1, 0.15) is 21.2 Å². The van der Waals surface area contributed by atoms with E-state index in [2.05, 4.69) is 15.0 Å². The highest BCUT2D eigenvalue weighted by molar-refractivity contribution is 7.89. The van der Waals surface area contributed by atoms with Crippen molar-refractivity contribution in [1.82, 2.24) is 9.71 Å². The summed E-state index contributed by atoms with van der Waals surface area (Å²) in [6, 6.07) is 17.5. The van der Waals surface area contributed by atoms with E-state index in [1.807, 2.05) is 38.1 Å². The van der Waals surface area contributed by atoms with E-state index in [4.69, 9.17) is 4.42 Å². The predicted molar refractivity (Wildman–Crippen MR) is 129 cm³/mol. The summed E-state index contributed by atoms with van der Waals surface area (Å²) in [5, 5.41) is 3.68. The number of anilines is 1. The van der Waals surface area contributed by atoms with Crippen LogP contribution in [0.5, 0.6) is 0 Å². The summed E-state index contributed by atoms with van der Waals surface area (Å²) in [6.45, 7) is 3.97. The largest absolute Gasteiger partial charge is 0.468 e. The van der Waals surface area contributed by atoms with Crippen molar-refractivity contribution >= 4 is 33.0 Å². The number of sulfonamides is 1. The molecule has 0 aliphatic rings. The quantitative estimate of drug-likeness (QED) is 0.381. The minimum absolute atomic E-state index is 0.0401. The SMILES string of the molecule is Cc1ccc(-c2nc(C)sc2CC(=O)Nc2cccc(S(=O)(=O)NCc3ccco3)c2)cc1. The van der Waals surface area contributed by atoms with Crippen molar-refractivity contribution in [3.8, 4) is 11.3 Å². The second kappa shape index (κ2) is 9.70. The molecule has 0 bridgehead atoms. The summed E-state index contributed by atoms with van der Waals surface area (Å²) in [5.41, 5.74) is 3.31. The molecular formula is C24H23N3O4S2. The first-order valence-electron chi connectivity index (χ1n) is 10.3. The van der Waals surface area contributed by atoms with E-state index in [1.165, 1.54) is 29.7 Å². The molecule has 0 aliphatic heterocycles. The highest BCUT2D eigenvalue weighted by Crippen LogP contribution is 2.29. The highest BCUT2D eigenvalue weighted by Gasteiger charge is 2.17. The lowest BCUT2D eigenvalue weighted by molar-refractivity contribution is -0.115. The van der Waals surface area contributed by atoms with Gasteiger partial charge in [0.25, 0.3) is 0 Å². The zero-order valence-corrected chi connectivity index (χ0v) is 19.8. The molecule has 0 aliphatic carbocycles. The molecule has 2 N–H and O–H groups in total. The van der Waals surface area contributed by atoms with E-state index < -0.39 is 10.0 Å². The van der Waals surface area contributed by atoms with Gasteiger partial charge in [0.1, 0.15) is 5.76 Å². The van der Waals surface area contributed by atoms with Crippen LogP contribution >= 0.6 is 11.3 Å². The maximum Gasteiger partial charge on any atom is 0.241 e. The number of nitrogens with one attached hydrogen (secondary N) is 2. The summed E-state index contributed by atoms with van der Waals surface area (Å²) in [4.78, 5) is 18.3. The first kappa shape index (κ1) is 22.9. The third-order valence-electron chi connectivity index (χ3n) is 4.90. The zero-order valence-electron chi connectivity index (χ0n) is 18.2. The molecule has 0 spiro atoms. The number of hydrogen-bond donors (Lipinski definition) is 2. The fraction of sp³-hybridized carbons (Fsp3) is 0.167. The van der Waals surface area contributed by atoms with Crippen LogP contribution in [0, 0.1) is 13.8 Å². The number of aryl methyl sites for hydroxylation is 2. The van der Waals surface area contributed by atoms with Crippen LogP contribution in [0.25, 0.3) is 11.3 Å². The molecule has 170 valence electrons. The molecule has 7 nitrogen and oxygen atoms in total. The number of aromatic nitrogens is 1. The standard InChI is InChI=1S/C24H23N3O4S2/c1-16-8-10-18(11-9-16)24-22(32-17(2)26-24)14-23(28)27-19-5-3-7-21(13-19)33(29,30)25-15-20-6-4-12-31-20/h3-13,25H,14-15H2,1-2H3,(H,27,28). The lowest BCUT2D eigenvalue weighted by Crippen LogP contribution is -2.23. The highest BCUT2D eigenvalue weighted by atomic mass is 32.2. The van der Waals surface area contributed by atoms with Crippen molar-refractivity contribution in [1.29, 1.82) is 0 Å². The number of benzene rings is 2. The molecule has 0 unspecified atom stereocenters. The average Bonchev–Trinajstić information content (AvgIpc) is 3.43. The second-order valence-electron chi connectivity index (χ2n) is 7.53. The van der Waals surface area contributed by atoms with Crippen molar-refractivity contribution in [2.24, 2.45) is 0 Å². The second-order valence-corrected chi connectivity index (χ2v) is 10.6. The summed E-state index contributed by atoms with van der Waals surface area (Å²) in [5.74, 6) is 0.261. The van der Waals surface area contributed by atoms with E-state index in [0.717, 1.165) is 26.7 Å². The van der Waals surface area contributed by atoms with Crippen LogP contribution in [0.3, 0.4) is 0 Å². The van der Waals surface area contributed by atoms with Gasteiger partial charge >= 0.3 is 0 Å². The summed E-state index contributed by atoms with van der Waals surface area (Å²) >= 11 is 1.48. The average molecular weight is 482 g/mol. The van der Waals surface area contributed by atoms with Gasteiger partial charge in [-0.3, -0.25) is 4.79 Å². The number of rotatable bonds is 8. The fourth-order valence-electron chi connectivity index (χ4n) is 3.28. The van der Waals surface area contributed by atoms with Gasteiger partial charge in [-0.05, 0) is 44.2 Å². The van der Waals surface area contributed by atoms with Gasteiger partial charge in [0, 0.05) is 16.1 Å². The number of carbonyl (C=O) groups excluding carboxylic acids is 1. The molecule has 0 saturated heterocycles. The number of thiazole rings is 1. The molecule has 0 atom stereocenters. The normalized spacial score (nSPS) is 11.5. The van der Waals surface area contributed by atoms with Gasteiger partial charge in [-0.1, -0.05) is 35.9 Å². The van der Waals surface area contributed by atoms with E-state index in [1.54, 1.807) is 24.3 Å². The monoisotopic (exact) mass is 481 g/mol. The molecule has 0 radical (unpaired) electrons. The number of furan rings is 1. The van der Waals surface area contributed by atoms with Crippen molar-refractivity contribution in [2.45, 2.75) is 31.7 Å². The van der Waals surface area contributed by atoms with E-state index in [0.29, 0.717) is 11.4 Å². The minimum Gasteiger partial charge on any atom is -0.468 e. The van der Waals surface area contributed by atoms with Crippen molar-refractivity contribution in [2.75, 3.05) is 5.32 Å². The van der Waals surface area contributed by atoms with Crippen molar-refractivity contribution < 1.29 is 17.6 Å². The Balaban J connectivity index is 1.46. The van der Waals surface area contributed by atoms with Gasteiger partial charge in [0.2, 0.25) is 15.9 Å². The molecular weight excluding hydrogens is 458 g/mol. The van der Waals surface area contributed by atoms with Crippen molar-refractivity contribution in [3.05, 3.63) is 88.1 Å². The minimum atomic E-state index is -3.77. The Labute approximate surface area is 196 Å². The number of hydrogen-bond acceptors (Lipinski definition) is 6. The van der Waals surface area contributed by atoms with Crippen LogP contribution in [0.15, 0.2) is 76.2 Å². The van der Waals surface area contributed by atoms with Gasteiger partial charge in [0.15, 0.2) is 0 Å². The molecule has 0 fully saturated rings. The third kappa shape index (κ3) is 5.75. The molecule has 2 aromatic carbocycles. The first-order valence-corrected chi connectivity index (χ1v) is 12.6. The summed E-state index contributed by atoms with van der Waals surface area (Å²) < 4.78 is 32.9. The van der Waals surface area contributed by atoms with Crippen LogP contribution in [-0.2, 0) is 27.8 Å². The Kier molecular flexibility index (Phi) is 6.73. The van der Waals surface area contributed by atoms with Gasteiger partial charge in [-0.25, -0.2) is 18.1 Å². The van der Waals surface area contributed by atoms with Gasteiger partial charge in [-0.2, -0.15) is 0 Å². The Morgan fingerprint density at radius 3 is 2.58 bits per heavy atom. The van der Waals surface area contributed by atoms with Crippen LogP contribution in [0.2, 0.25) is 0 Å². The Morgan fingerprint density at radius 1 is 1.06 bits per heavy atom. The predicted octanol–water partition coefficient (Wildman–Crippen LogP) is 4.68. The van der Waals surface area contributed by atoms with E-state index >= 15 is 0 Å². The number of amides is 1.